The van der Waals surface area contributed by atoms with Crippen molar-refractivity contribution in [3.63, 3.8) is 0 Å². The van der Waals surface area contributed by atoms with Gasteiger partial charge in [0, 0.05) is 11.1 Å². The van der Waals surface area contributed by atoms with Crippen molar-refractivity contribution < 1.29 is 39.2 Å². The van der Waals surface area contributed by atoms with Gasteiger partial charge in [0.15, 0.2) is 0 Å². The number of phenols is 1. The fourth-order valence-electron chi connectivity index (χ4n) is 3.88. The van der Waals surface area contributed by atoms with E-state index in [4.69, 9.17) is 14.9 Å². The first-order chi connectivity index (χ1) is 21.7. The van der Waals surface area contributed by atoms with E-state index in [9.17, 15) is 24.3 Å². The second-order valence-electron chi connectivity index (χ2n) is 9.27. The van der Waals surface area contributed by atoms with Crippen molar-refractivity contribution in [2.45, 2.75) is 14.0 Å². The number of hydrogen-bond donors (Lipinski definition) is 7. The molecule has 5 aromatic rings. The Kier molecular flexibility index (Phi) is 12.2. The maximum atomic E-state index is 11.9. The van der Waals surface area contributed by atoms with E-state index >= 15 is 0 Å². The van der Waals surface area contributed by atoms with Crippen LogP contribution in [-0.2, 0) is 16.2 Å². The van der Waals surface area contributed by atoms with E-state index in [2.05, 4.69) is 31.0 Å². The summed E-state index contributed by atoms with van der Waals surface area (Å²) in [6, 6.07) is 26.7. The van der Waals surface area contributed by atoms with Crippen molar-refractivity contribution >= 4 is 23.8 Å². The predicted octanol–water partition coefficient (Wildman–Crippen LogP) is 3.70. The largest absolute Gasteiger partial charge is 0.507 e. The third-order valence-electron chi connectivity index (χ3n) is 6.03. The molecule has 0 spiro atoms. The fourth-order valence-corrected chi connectivity index (χ4v) is 3.88. The number of carboxylic acids is 2. The lowest BCUT2D eigenvalue weighted by atomic mass is 10.1. The van der Waals surface area contributed by atoms with E-state index < -0.39 is 36.8 Å². The molecule has 2 heterocycles. The summed E-state index contributed by atoms with van der Waals surface area (Å²) in [5.41, 5.74) is 3.50. The van der Waals surface area contributed by atoms with E-state index in [1.165, 1.54) is 12.1 Å². The highest BCUT2D eigenvalue weighted by atomic mass is 16.5. The minimum atomic E-state index is -1.13. The maximum Gasteiger partial charge on any atom is 0.322 e. The smallest absolute Gasteiger partial charge is 0.322 e. The quantitative estimate of drug-likeness (QED) is 0.112. The van der Waals surface area contributed by atoms with Gasteiger partial charge in [-0.2, -0.15) is 10.2 Å². The van der Waals surface area contributed by atoms with Gasteiger partial charge in [-0.3, -0.25) is 29.4 Å². The van der Waals surface area contributed by atoms with Gasteiger partial charge in [-0.05, 0) is 42.0 Å². The van der Waals surface area contributed by atoms with E-state index in [1.807, 2.05) is 54.6 Å². The zero-order valence-corrected chi connectivity index (χ0v) is 23.6. The summed E-state index contributed by atoms with van der Waals surface area (Å²) in [7, 11) is 0. The Balaban J connectivity index is 0.000000257. The van der Waals surface area contributed by atoms with Gasteiger partial charge >= 0.3 is 11.9 Å². The molecular weight excluding hydrogens is 596 g/mol. The minimum Gasteiger partial charge on any atom is -0.507 e. The summed E-state index contributed by atoms with van der Waals surface area (Å²) >= 11 is 0. The molecule has 0 fully saturated rings. The molecule has 0 radical (unpaired) electrons. The molecule has 2 aromatic heterocycles. The zero-order chi connectivity index (χ0) is 32.2. The molecule has 14 heteroatoms. The van der Waals surface area contributed by atoms with Crippen molar-refractivity contribution in [2.75, 3.05) is 13.1 Å². The van der Waals surface area contributed by atoms with Gasteiger partial charge in [-0.25, -0.2) is 0 Å². The molecule has 2 amide bonds. The number of aliphatic carboxylic acids is 2. The number of aromatic amines is 2. The van der Waals surface area contributed by atoms with Crippen molar-refractivity contribution in [3.8, 4) is 34.0 Å². The van der Waals surface area contributed by atoms with Crippen LogP contribution in [0, 0.1) is 0 Å². The number of carboxylic acid groups (broad SMARTS) is 2. The van der Waals surface area contributed by atoms with Crippen LogP contribution in [0.2, 0.25) is 0 Å². The lowest BCUT2D eigenvalue weighted by molar-refractivity contribution is -0.136. The summed E-state index contributed by atoms with van der Waals surface area (Å²) in [5.74, 6) is -2.66. The molecule has 0 unspecified atom stereocenters. The number of carbonyl (C=O) groups is 4. The van der Waals surface area contributed by atoms with Gasteiger partial charge in [0.05, 0.1) is 11.4 Å². The normalized spacial score (nSPS) is 10.0. The number of phenolic OH excluding ortho intramolecular Hbond substituents is 1. The molecule has 14 nitrogen and oxygen atoms in total. The molecule has 5 rings (SSSR count). The maximum absolute atomic E-state index is 11.9. The van der Waals surface area contributed by atoms with Gasteiger partial charge in [0.25, 0.3) is 11.8 Å². The average Bonchev–Trinajstić information content (AvgIpc) is 3.74. The molecule has 0 bridgehead atoms. The van der Waals surface area contributed by atoms with Crippen LogP contribution in [0.5, 0.6) is 11.5 Å². The second-order valence-corrected chi connectivity index (χ2v) is 9.27. The number of ether oxygens (including phenoxy) is 1. The zero-order valence-electron chi connectivity index (χ0n) is 23.6. The van der Waals surface area contributed by atoms with Crippen LogP contribution in [0.25, 0.3) is 22.5 Å². The molecule has 7 N–H and O–H groups in total. The Bertz CT molecular complexity index is 1780. The Morgan fingerprint density at radius 2 is 1.15 bits per heavy atom. The van der Waals surface area contributed by atoms with Gasteiger partial charge in [0.1, 0.15) is 42.6 Å². The number of amides is 2. The average molecular weight is 629 g/mol. The van der Waals surface area contributed by atoms with Crippen LogP contribution in [0.3, 0.4) is 0 Å². The molecule has 3 aromatic carbocycles. The summed E-state index contributed by atoms with van der Waals surface area (Å²) in [6.07, 6.45) is 0. The Hall–Kier alpha value is -6.44. The number of H-pyrrole nitrogens is 2. The molecular formula is C32H32N6O8. The summed E-state index contributed by atoms with van der Waals surface area (Å²) < 4.78 is 5.89. The standard InChI is InChI=1S/C19H17N3O4.C12H11N3O4.CH4/c23-18(24)11-20-19(25)16-10-15(21-22-16)14-8-4-5-9-17(14)26-12-13-6-2-1-3-7-13;16-10-4-2-1-3-7(10)8-5-9(15-14-8)12(19)13-6-11(17)18;/h1-10H,11-12H2,(H,20,25)(H,21,22)(H,23,24);1-5,16H,6H2,(H,13,19)(H,14,15)(H,17,18);1H4. The minimum absolute atomic E-state index is 0. The molecule has 0 saturated carbocycles. The number of aromatic nitrogens is 4. The molecule has 0 saturated heterocycles. The molecule has 0 aliphatic carbocycles. The van der Waals surface area contributed by atoms with Crippen LogP contribution in [0.1, 0.15) is 34.0 Å². The number of rotatable bonds is 11. The highest BCUT2D eigenvalue weighted by Gasteiger charge is 2.15. The summed E-state index contributed by atoms with van der Waals surface area (Å²) in [6.45, 7) is -0.512. The third kappa shape index (κ3) is 9.54. The van der Waals surface area contributed by atoms with E-state index in [0.29, 0.717) is 29.3 Å². The first-order valence-corrected chi connectivity index (χ1v) is 13.4. The first-order valence-electron chi connectivity index (χ1n) is 13.4. The number of aromatic hydroxyl groups is 1. The highest BCUT2D eigenvalue weighted by molar-refractivity contribution is 5.95. The molecule has 0 atom stereocenters. The number of benzene rings is 3. The van der Waals surface area contributed by atoms with Crippen LogP contribution < -0.4 is 15.4 Å². The second kappa shape index (κ2) is 16.4. The molecule has 46 heavy (non-hydrogen) atoms. The number of carbonyl (C=O) groups excluding carboxylic acids is 2. The fraction of sp³-hybridized carbons (Fsp3) is 0.125. The van der Waals surface area contributed by atoms with Crippen molar-refractivity contribution in [3.05, 3.63) is 108 Å². The Labute approximate surface area is 263 Å². The Morgan fingerprint density at radius 3 is 1.70 bits per heavy atom. The number of para-hydroxylation sites is 2. The van der Waals surface area contributed by atoms with E-state index in [0.717, 1.165) is 11.1 Å². The van der Waals surface area contributed by atoms with Gasteiger partial charge in [-0.1, -0.05) is 62.0 Å². The highest BCUT2D eigenvalue weighted by Crippen LogP contribution is 2.29. The van der Waals surface area contributed by atoms with Crippen molar-refractivity contribution in [1.29, 1.82) is 0 Å². The monoisotopic (exact) mass is 628 g/mol. The van der Waals surface area contributed by atoms with E-state index in [-0.39, 0.29) is 24.6 Å². The number of nitrogens with zero attached hydrogens (tertiary/aromatic N) is 2. The predicted molar refractivity (Wildman–Crippen MR) is 167 cm³/mol. The molecule has 238 valence electrons. The first kappa shape index (κ1) is 34.1. The number of nitrogens with one attached hydrogen (secondary N) is 4. The SMILES string of the molecule is C.O=C(O)CNC(=O)c1cc(-c2ccccc2O)n[nH]1.O=C(O)CNC(=O)c1cc(-c2ccccc2OCc2ccccc2)n[nH]1. The lowest BCUT2D eigenvalue weighted by Gasteiger charge is -2.10. The van der Waals surface area contributed by atoms with Crippen molar-refractivity contribution in [2.24, 2.45) is 0 Å². The number of hydrogen-bond acceptors (Lipinski definition) is 8. The third-order valence-corrected chi connectivity index (χ3v) is 6.03. The van der Waals surface area contributed by atoms with E-state index in [1.54, 1.807) is 24.3 Å². The summed E-state index contributed by atoms with van der Waals surface area (Å²) in [5, 5.41) is 44.4. The van der Waals surface area contributed by atoms with Crippen LogP contribution in [0.15, 0.2) is 91.0 Å². The molecule has 0 aliphatic rings. The van der Waals surface area contributed by atoms with Gasteiger partial charge in [-0.15, -0.1) is 0 Å². The lowest BCUT2D eigenvalue weighted by Crippen LogP contribution is -2.29. The van der Waals surface area contributed by atoms with Gasteiger partial charge in [0.2, 0.25) is 0 Å². The van der Waals surface area contributed by atoms with Crippen molar-refractivity contribution in [1.82, 2.24) is 31.0 Å². The molecule has 0 aliphatic heterocycles. The van der Waals surface area contributed by atoms with Crippen LogP contribution in [-0.4, -0.2) is 72.6 Å². The van der Waals surface area contributed by atoms with Crippen LogP contribution >= 0.6 is 0 Å². The van der Waals surface area contributed by atoms with Crippen LogP contribution in [0.4, 0.5) is 0 Å². The Morgan fingerprint density at radius 1 is 0.674 bits per heavy atom. The van der Waals surface area contributed by atoms with Gasteiger partial charge < -0.3 is 30.7 Å². The summed E-state index contributed by atoms with van der Waals surface area (Å²) in [4.78, 5) is 44.4. The topological polar surface area (TPSA) is 220 Å².